The third-order valence-electron chi connectivity index (χ3n) is 2.62. The highest BCUT2D eigenvalue weighted by Crippen LogP contribution is 2.25. The summed E-state index contributed by atoms with van der Waals surface area (Å²) in [6, 6.07) is 7.01. The van der Waals surface area contributed by atoms with Crippen molar-refractivity contribution in [3.63, 3.8) is 0 Å². The van der Waals surface area contributed by atoms with E-state index in [0.29, 0.717) is 10.8 Å². The molecule has 2 aromatic rings. The van der Waals surface area contributed by atoms with Crippen LogP contribution in [0.4, 0.5) is 0 Å². The Labute approximate surface area is 137 Å². The van der Waals surface area contributed by atoms with Crippen molar-refractivity contribution >= 4 is 44.6 Å². The maximum atomic E-state index is 12.2. The van der Waals surface area contributed by atoms with E-state index in [1.807, 2.05) is 0 Å². The molecule has 9 heteroatoms. The second kappa shape index (κ2) is 6.93. The minimum atomic E-state index is -3.59. The molecule has 0 aliphatic rings. The summed E-state index contributed by atoms with van der Waals surface area (Å²) < 4.78 is 31.4. The number of thiazole rings is 1. The molecule has 0 saturated carbocycles. The van der Waals surface area contributed by atoms with Crippen molar-refractivity contribution in [2.45, 2.75) is 4.21 Å². The average molecular weight is 367 g/mol. The molecule has 1 aromatic heterocycles. The van der Waals surface area contributed by atoms with Crippen LogP contribution in [0.5, 0.6) is 5.75 Å². The molecule has 0 atom stereocenters. The van der Waals surface area contributed by atoms with Crippen LogP contribution in [0, 0.1) is 0 Å². The maximum absolute atomic E-state index is 12.2. The summed E-state index contributed by atoms with van der Waals surface area (Å²) in [6.45, 7) is 0.370. The molecule has 0 aliphatic carbocycles. The van der Waals surface area contributed by atoms with E-state index in [0.717, 1.165) is 11.3 Å². The molecule has 1 aromatic carbocycles. The normalized spacial score (nSPS) is 11.8. The van der Waals surface area contributed by atoms with Gasteiger partial charge in [0.25, 0.3) is 10.0 Å². The Kier molecular flexibility index (Phi) is 5.45. The number of ether oxygens (including phenoxy) is 1. The number of hydrogen-bond acceptors (Lipinski definition) is 5. The zero-order valence-corrected chi connectivity index (χ0v) is 14.1. The van der Waals surface area contributed by atoms with E-state index in [2.05, 4.69) is 4.98 Å². The van der Waals surface area contributed by atoms with E-state index in [1.54, 1.807) is 24.3 Å². The zero-order valence-electron chi connectivity index (χ0n) is 11.0. The van der Waals surface area contributed by atoms with Crippen molar-refractivity contribution in [3.05, 3.63) is 40.0 Å². The van der Waals surface area contributed by atoms with Crippen LogP contribution < -0.4 is 4.74 Å². The van der Waals surface area contributed by atoms with Gasteiger partial charge in [-0.15, -0.1) is 0 Å². The molecule has 1 heterocycles. The lowest BCUT2D eigenvalue weighted by Gasteiger charge is -2.16. The highest BCUT2D eigenvalue weighted by molar-refractivity contribution is 7.91. The van der Waals surface area contributed by atoms with Crippen LogP contribution >= 0.6 is 34.5 Å². The lowest BCUT2D eigenvalue weighted by Crippen LogP contribution is -2.30. The van der Waals surface area contributed by atoms with Gasteiger partial charge in [-0.3, -0.25) is 0 Å². The van der Waals surface area contributed by atoms with E-state index < -0.39 is 10.0 Å². The van der Waals surface area contributed by atoms with E-state index in [4.69, 9.17) is 27.9 Å². The molecule has 0 saturated heterocycles. The quantitative estimate of drug-likeness (QED) is 0.787. The number of halogens is 2. The van der Waals surface area contributed by atoms with Crippen LogP contribution in [-0.4, -0.2) is 37.9 Å². The van der Waals surface area contributed by atoms with Crippen molar-refractivity contribution < 1.29 is 13.2 Å². The van der Waals surface area contributed by atoms with Gasteiger partial charge >= 0.3 is 0 Å². The lowest BCUT2D eigenvalue weighted by atomic mass is 10.3. The molecular weight excluding hydrogens is 355 g/mol. The Morgan fingerprint density at radius 1 is 1.33 bits per heavy atom. The second-order valence-electron chi connectivity index (χ2n) is 4.04. The molecule has 0 fully saturated rings. The third kappa shape index (κ3) is 4.08. The Morgan fingerprint density at radius 3 is 2.67 bits per heavy atom. The average Bonchev–Trinajstić information content (AvgIpc) is 2.88. The Balaban J connectivity index is 1.96. The fourth-order valence-electron chi connectivity index (χ4n) is 1.48. The number of benzene rings is 1. The number of hydrogen-bond donors (Lipinski definition) is 0. The van der Waals surface area contributed by atoms with E-state index >= 15 is 0 Å². The Hall–Kier alpha value is -0.860. The van der Waals surface area contributed by atoms with Crippen LogP contribution in [0.1, 0.15) is 0 Å². The zero-order chi connectivity index (χ0) is 15.5. The number of aromatic nitrogens is 1. The van der Waals surface area contributed by atoms with Crippen LogP contribution in [0.25, 0.3) is 0 Å². The molecule has 21 heavy (non-hydrogen) atoms. The summed E-state index contributed by atoms with van der Waals surface area (Å²) in [4.78, 5) is 3.73. The monoisotopic (exact) mass is 366 g/mol. The third-order valence-corrected chi connectivity index (χ3v) is 6.34. The molecule has 0 amide bonds. The van der Waals surface area contributed by atoms with Gasteiger partial charge in [0.1, 0.15) is 12.4 Å². The largest absolute Gasteiger partial charge is 0.491 e. The molecule has 0 aliphatic heterocycles. The van der Waals surface area contributed by atoms with Crippen molar-refractivity contribution in [2.75, 3.05) is 20.2 Å². The van der Waals surface area contributed by atoms with Gasteiger partial charge in [0.15, 0.2) is 8.68 Å². The first kappa shape index (κ1) is 16.5. The maximum Gasteiger partial charge on any atom is 0.254 e. The fourth-order valence-corrected chi connectivity index (χ4v) is 4.33. The molecule has 0 radical (unpaired) electrons. The molecule has 0 spiro atoms. The molecule has 114 valence electrons. The molecule has 5 nitrogen and oxygen atoms in total. The summed E-state index contributed by atoms with van der Waals surface area (Å²) in [7, 11) is -2.12. The van der Waals surface area contributed by atoms with Crippen molar-refractivity contribution in [1.29, 1.82) is 0 Å². The van der Waals surface area contributed by atoms with E-state index in [-0.39, 0.29) is 21.8 Å². The summed E-state index contributed by atoms with van der Waals surface area (Å²) in [5, 5.41) is 0.484. The van der Waals surface area contributed by atoms with Crippen molar-refractivity contribution in [3.8, 4) is 5.75 Å². The van der Waals surface area contributed by atoms with Gasteiger partial charge in [-0.05, 0) is 12.1 Å². The minimum absolute atomic E-state index is 0.104. The Bertz CT molecular complexity index is 719. The summed E-state index contributed by atoms with van der Waals surface area (Å²) >= 11 is 12.5. The Morgan fingerprint density at radius 2 is 2.05 bits per heavy atom. The van der Waals surface area contributed by atoms with E-state index in [1.165, 1.54) is 17.5 Å². The smallest absolute Gasteiger partial charge is 0.254 e. The first-order valence-electron chi connectivity index (χ1n) is 5.86. The SMILES string of the molecule is CN(CCOc1ccccc1Cl)S(=O)(=O)c1cnc(Cl)s1. The van der Waals surface area contributed by atoms with Gasteiger partial charge < -0.3 is 4.74 Å². The van der Waals surface area contributed by atoms with Gasteiger partial charge in [0.05, 0.1) is 11.2 Å². The van der Waals surface area contributed by atoms with Gasteiger partial charge in [-0.1, -0.05) is 46.7 Å². The highest BCUT2D eigenvalue weighted by Gasteiger charge is 2.23. The van der Waals surface area contributed by atoms with Crippen LogP contribution in [0.3, 0.4) is 0 Å². The predicted octanol–water partition coefficient (Wildman–Crippen LogP) is 3.15. The number of rotatable bonds is 6. The standard InChI is InChI=1S/C12H12Cl2N2O3S2/c1-16(21(17,18)11-8-15-12(14)20-11)6-7-19-10-5-3-2-4-9(10)13/h2-5,8H,6-7H2,1H3. The fraction of sp³-hybridized carbons (Fsp3) is 0.250. The van der Waals surface area contributed by atoms with Gasteiger partial charge in [0.2, 0.25) is 0 Å². The summed E-state index contributed by atoms with van der Waals surface area (Å²) in [5.41, 5.74) is 0. The van der Waals surface area contributed by atoms with Gasteiger partial charge in [-0.25, -0.2) is 13.4 Å². The first-order chi connectivity index (χ1) is 9.91. The van der Waals surface area contributed by atoms with Crippen LogP contribution in [-0.2, 0) is 10.0 Å². The van der Waals surface area contributed by atoms with Gasteiger partial charge in [0, 0.05) is 13.6 Å². The molecule has 0 N–H and O–H groups in total. The number of nitrogens with zero attached hydrogens (tertiary/aromatic N) is 2. The molecule has 2 rings (SSSR count). The highest BCUT2D eigenvalue weighted by atomic mass is 35.5. The topological polar surface area (TPSA) is 59.5 Å². The van der Waals surface area contributed by atoms with Crippen molar-refractivity contribution in [2.24, 2.45) is 0 Å². The molecule has 0 bridgehead atoms. The second-order valence-corrected chi connectivity index (χ2v) is 8.33. The van der Waals surface area contributed by atoms with Crippen molar-refractivity contribution in [1.82, 2.24) is 9.29 Å². The van der Waals surface area contributed by atoms with Crippen LogP contribution in [0.2, 0.25) is 9.49 Å². The van der Waals surface area contributed by atoms with E-state index in [9.17, 15) is 8.42 Å². The number of para-hydroxylation sites is 1. The lowest BCUT2D eigenvalue weighted by molar-refractivity contribution is 0.287. The predicted molar refractivity (Wildman–Crippen MR) is 83.9 cm³/mol. The van der Waals surface area contributed by atoms with Gasteiger partial charge in [-0.2, -0.15) is 4.31 Å². The number of likely N-dealkylation sites (N-methyl/N-ethyl adjacent to an activating group) is 1. The first-order valence-corrected chi connectivity index (χ1v) is 8.87. The number of sulfonamides is 1. The molecule has 0 unspecified atom stereocenters. The summed E-state index contributed by atoms with van der Waals surface area (Å²) in [6.07, 6.45) is 1.24. The molecular formula is C12H12Cl2N2O3S2. The summed E-state index contributed by atoms with van der Waals surface area (Å²) in [5.74, 6) is 0.519. The van der Waals surface area contributed by atoms with Crippen LogP contribution in [0.15, 0.2) is 34.7 Å². The minimum Gasteiger partial charge on any atom is -0.491 e.